The Morgan fingerprint density at radius 2 is 1.93 bits per heavy atom. The first-order chi connectivity index (χ1) is 14.0. The molecule has 1 N–H and O–H groups in total. The molecular formula is C22H23FN4O2. The lowest BCUT2D eigenvalue weighted by atomic mass is 10.2. The number of ether oxygens (including phenoxy) is 1. The molecule has 0 saturated carbocycles. The van der Waals surface area contributed by atoms with E-state index in [2.05, 4.69) is 5.32 Å². The largest absolute Gasteiger partial charge is 0.495 e. The monoisotopic (exact) mass is 394 g/mol. The summed E-state index contributed by atoms with van der Waals surface area (Å²) in [5, 5.41) is 12.2. The van der Waals surface area contributed by atoms with Crippen LogP contribution in [0.5, 0.6) is 5.75 Å². The van der Waals surface area contributed by atoms with Crippen LogP contribution in [0.15, 0.2) is 54.2 Å². The van der Waals surface area contributed by atoms with Crippen molar-refractivity contribution in [2.24, 2.45) is 0 Å². The molecule has 1 heterocycles. The normalized spacial score (nSPS) is 14.3. The molecule has 0 atom stereocenters. The zero-order valence-corrected chi connectivity index (χ0v) is 16.5. The third-order valence-electron chi connectivity index (χ3n) is 4.79. The Balaban J connectivity index is 1.66. The molecule has 1 fully saturated rings. The number of anilines is 2. The topological polar surface area (TPSA) is 68.6 Å². The molecule has 3 rings (SSSR count). The standard InChI is InChI=1S/C22H23FN4O2/c1-16-7-8-21(29-2)19(13-16)25-22(28)17(14-24)15-26-9-11-27(12-10-26)20-6-4-3-5-18(20)23/h3-8,13,15H,9-12H2,1-2H3,(H,25,28)/b17-15-. The van der Waals surface area contributed by atoms with Crippen LogP contribution in [-0.4, -0.2) is 44.1 Å². The lowest BCUT2D eigenvalue weighted by Crippen LogP contribution is -2.44. The Morgan fingerprint density at radius 1 is 1.21 bits per heavy atom. The molecule has 2 aromatic carbocycles. The summed E-state index contributed by atoms with van der Waals surface area (Å²) < 4.78 is 19.2. The minimum atomic E-state index is -0.493. The lowest BCUT2D eigenvalue weighted by Gasteiger charge is -2.35. The summed E-state index contributed by atoms with van der Waals surface area (Å²) in [4.78, 5) is 16.5. The van der Waals surface area contributed by atoms with E-state index >= 15 is 0 Å². The van der Waals surface area contributed by atoms with Crippen molar-refractivity contribution < 1.29 is 13.9 Å². The number of hydrogen-bond acceptors (Lipinski definition) is 5. The van der Waals surface area contributed by atoms with Gasteiger partial charge in [0.2, 0.25) is 0 Å². The zero-order valence-electron chi connectivity index (χ0n) is 16.5. The second-order valence-corrected chi connectivity index (χ2v) is 6.79. The fraction of sp³-hybridized carbons (Fsp3) is 0.273. The smallest absolute Gasteiger partial charge is 0.267 e. The van der Waals surface area contributed by atoms with E-state index in [1.165, 1.54) is 13.2 Å². The van der Waals surface area contributed by atoms with Crippen LogP contribution < -0.4 is 15.0 Å². The Labute approximate surface area is 169 Å². The summed E-state index contributed by atoms with van der Waals surface area (Å²) in [6.07, 6.45) is 1.57. The van der Waals surface area contributed by atoms with E-state index in [1.54, 1.807) is 30.5 Å². The number of halogens is 1. The van der Waals surface area contributed by atoms with Gasteiger partial charge in [0.25, 0.3) is 5.91 Å². The van der Waals surface area contributed by atoms with E-state index in [0.717, 1.165) is 5.56 Å². The first-order valence-electron chi connectivity index (χ1n) is 9.33. The number of para-hydroxylation sites is 1. The number of aryl methyl sites for hydroxylation is 1. The number of piperazine rings is 1. The highest BCUT2D eigenvalue weighted by atomic mass is 19.1. The predicted octanol–water partition coefficient (Wildman–Crippen LogP) is 3.31. The van der Waals surface area contributed by atoms with E-state index in [0.29, 0.717) is 43.3 Å². The predicted molar refractivity (Wildman–Crippen MR) is 110 cm³/mol. The van der Waals surface area contributed by atoms with Crippen molar-refractivity contribution in [1.82, 2.24) is 4.90 Å². The summed E-state index contributed by atoms with van der Waals surface area (Å²) in [7, 11) is 1.52. The average molecular weight is 394 g/mol. The number of methoxy groups -OCH3 is 1. The number of nitrogens with one attached hydrogen (secondary N) is 1. The van der Waals surface area contributed by atoms with E-state index in [4.69, 9.17) is 4.74 Å². The second kappa shape index (κ2) is 9.11. The van der Waals surface area contributed by atoms with Gasteiger partial charge in [-0.1, -0.05) is 18.2 Å². The SMILES string of the molecule is COc1ccc(C)cc1NC(=O)/C(C#N)=C\N1CCN(c2ccccc2F)CC1. The van der Waals surface area contributed by atoms with Gasteiger partial charge in [0.1, 0.15) is 23.2 Å². The van der Waals surface area contributed by atoms with Gasteiger partial charge in [0, 0.05) is 32.4 Å². The number of carbonyl (C=O) groups excluding carboxylic acids is 1. The average Bonchev–Trinajstić information content (AvgIpc) is 2.73. The molecule has 0 aliphatic carbocycles. The molecule has 0 bridgehead atoms. The minimum Gasteiger partial charge on any atom is -0.495 e. The van der Waals surface area contributed by atoms with Crippen molar-refractivity contribution >= 4 is 17.3 Å². The van der Waals surface area contributed by atoms with Crippen molar-refractivity contribution in [3.8, 4) is 11.8 Å². The number of carbonyl (C=O) groups is 1. The van der Waals surface area contributed by atoms with E-state index in [1.807, 2.05) is 34.9 Å². The molecule has 2 aromatic rings. The number of rotatable bonds is 5. The van der Waals surface area contributed by atoms with Crippen LogP contribution in [0.3, 0.4) is 0 Å². The second-order valence-electron chi connectivity index (χ2n) is 6.79. The number of benzene rings is 2. The van der Waals surface area contributed by atoms with E-state index in [-0.39, 0.29) is 11.4 Å². The Kier molecular flexibility index (Phi) is 6.35. The van der Waals surface area contributed by atoms with Gasteiger partial charge in [-0.05, 0) is 36.8 Å². The number of amides is 1. The maximum absolute atomic E-state index is 14.0. The molecule has 0 aromatic heterocycles. The highest BCUT2D eigenvalue weighted by Crippen LogP contribution is 2.26. The molecular weight excluding hydrogens is 371 g/mol. The molecule has 150 valence electrons. The molecule has 6 nitrogen and oxygen atoms in total. The molecule has 1 aliphatic rings. The van der Waals surface area contributed by atoms with Crippen LogP contribution in [0.2, 0.25) is 0 Å². The molecule has 0 radical (unpaired) electrons. The van der Waals surface area contributed by atoms with E-state index in [9.17, 15) is 14.4 Å². The number of hydrogen-bond donors (Lipinski definition) is 1. The van der Waals surface area contributed by atoms with Gasteiger partial charge in [-0.2, -0.15) is 5.26 Å². The van der Waals surface area contributed by atoms with Crippen LogP contribution in [-0.2, 0) is 4.79 Å². The first-order valence-corrected chi connectivity index (χ1v) is 9.33. The van der Waals surface area contributed by atoms with Gasteiger partial charge in [0.05, 0.1) is 18.5 Å². The van der Waals surface area contributed by atoms with Gasteiger partial charge in [-0.3, -0.25) is 4.79 Å². The highest BCUT2D eigenvalue weighted by molar-refractivity contribution is 6.07. The van der Waals surface area contributed by atoms with Crippen LogP contribution in [0.1, 0.15) is 5.56 Å². The van der Waals surface area contributed by atoms with Crippen LogP contribution >= 0.6 is 0 Å². The van der Waals surface area contributed by atoms with Crippen molar-refractivity contribution in [1.29, 1.82) is 5.26 Å². The third-order valence-corrected chi connectivity index (χ3v) is 4.79. The molecule has 29 heavy (non-hydrogen) atoms. The Bertz CT molecular complexity index is 960. The van der Waals surface area contributed by atoms with Gasteiger partial charge < -0.3 is 19.9 Å². The zero-order chi connectivity index (χ0) is 20.8. The maximum Gasteiger partial charge on any atom is 0.267 e. The molecule has 0 spiro atoms. The van der Waals surface area contributed by atoms with Crippen LogP contribution in [0, 0.1) is 24.1 Å². The summed E-state index contributed by atoms with van der Waals surface area (Å²) in [5.41, 5.74) is 2.06. The number of nitrogens with zero attached hydrogens (tertiary/aromatic N) is 3. The summed E-state index contributed by atoms with van der Waals surface area (Å²) >= 11 is 0. The quantitative estimate of drug-likeness (QED) is 0.622. The third kappa shape index (κ3) is 4.85. The molecule has 1 saturated heterocycles. The lowest BCUT2D eigenvalue weighted by molar-refractivity contribution is -0.112. The Morgan fingerprint density at radius 3 is 2.59 bits per heavy atom. The van der Waals surface area contributed by atoms with Gasteiger partial charge >= 0.3 is 0 Å². The molecule has 0 unspecified atom stereocenters. The van der Waals surface area contributed by atoms with E-state index < -0.39 is 5.91 Å². The van der Waals surface area contributed by atoms with Gasteiger partial charge in [0.15, 0.2) is 0 Å². The maximum atomic E-state index is 14.0. The highest BCUT2D eigenvalue weighted by Gasteiger charge is 2.20. The van der Waals surface area contributed by atoms with Gasteiger partial charge in [-0.15, -0.1) is 0 Å². The van der Waals surface area contributed by atoms with Crippen molar-refractivity contribution in [3.05, 3.63) is 65.6 Å². The first kappa shape index (κ1) is 20.2. The summed E-state index contributed by atoms with van der Waals surface area (Å²) in [5.74, 6) is -0.214. The van der Waals surface area contributed by atoms with Crippen molar-refractivity contribution in [2.75, 3.05) is 43.5 Å². The minimum absolute atomic E-state index is 0.00732. The van der Waals surface area contributed by atoms with Crippen molar-refractivity contribution in [3.63, 3.8) is 0 Å². The fourth-order valence-corrected chi connectivity index (χ4v) is 3.23. The number of nitriles is 1. The van der Waals surface area contributed by atoms with Gasteiger partial charge in [-0.25, -0.2) is 4.39 Å². The molecule has 7 heteroatoms. The summed E-state index contributed by atoms with van der Waals surface area (Å²) in [6, 6.07) is 14.1. The summed E-state index contributed by atoms with van der Waals surface area (Å²) in [6.45, 7) is 4.28. The Hall–Kier alpha value is -3.53. The molecule has 1 amide bonds. The fourth-order valence-electron chi connectivity index (χ4n) is 3.23. The van der Waals surface area contributed by atoms with Crippen LogP contribution in [0.25, 0.3) is 0 Å². The van der Waals surface area contributed by atoms with Crippen molar-refractivity contribution in [2.45, 2.75) is 6.92 Å². The molecule has 1 aliphatic heterocycles. The van der Waals surface area contributed by atoms with Crippen LogP contribution in [0.4, 0.5) is 15.8 Å².